The minimum absolute atomic E-state index is 0.139. The number of nitrogens with one attached hydrogen (secondary N) is 1. The van der Waals surface area contributed by atoms with Gasteiger partial charge in [0.2, 0.25) is 0 Å². The van der Waals surface area contributed by atoms with Crippen LogP contribution in [0.2, 0.25) is 0 Å². The van der Waals surface area contributed by atoms with E-state index < -0.39 is 0 Å². The van der Waals surface area contributed by atoms with Gasteiger partial charge in [-0.2, -0.15) is 0 Å². The number of pyridine rings is 1. The van der Waals surface area contributed by atoms with Crippen molar-refractivity contribution in [2.45, 2.75) is 0 Å². The summed E-state index contributed by atoms with van der Waals surface area (Å²) in [5.74, 6) is -0.296. The van der Waals surface area contributed by atoms with Gasteiger partial charge in [0.25, 0.3) is 5.91 Å². The Morgan fingerprint density at radius 3 is 2.41 bits per heavy atom. The molecule has 0 atom stereocenters. The monoisotopic (exact) mass is 239 g/mol. The first-order valence-corrected chi connectivity index (χ1v) is 5.37. The molecule has 0 bridgehead atoms. The Balaban J connectivity index is 2.77. The molecule has 0 saturated carbocycles. The molecule has 0 radical (unpaired) electrons. The van der Waals surface area contributed by atoms with Gasteiger partial charge in [0.15, 0.2) is 0 Å². The minimum atomic E-state index is -0.296. The van der Waals surface area contributed by atoms with E-state index in [4.69, 9.17) is 10.2 Å². The van der Waals surface area contributed by atoms with Crippen molar-refractivity contribution in [1.29, 1.82) is 0 Å². The zero-order chi connectivity index (χ0) is 12.7. The fourth-order valence-electron chi connectivity index (χ4n) is 1.39. The minimum Gasteiger partial charge on any atom is -0.395 e. The summed E-state index contributed by atoms with van der Waals surface area (Å²) in [6.45, 7) is 0.102. The molecule has 0 aliphatic heterocycles. The predicted octanol–water partition coefficient (Wildman–Crippen LogP) is -0.450. The van der Waals surface area contributed by atoms with E-state index >= 15 is 0 Å². The van der Waals surface area contributed by atoms with Crippen LogP contribution in [0.1, 0.15) is 10.5 Å². The van der Waals surface area contributed by atoms with Crippen LogP contribution in [-0.2, 0) is 0 Å². The average Bonchev–Trinajstić information content (AvgIpc) is 2.38. The zero-order valence-electron chi connectivity index (χ0n) is 9.76. The fraction of sp³-hybridized carbons (Fsp3) is 0.455. The summed E-state index contributed by atoms with van der Waals surface area (Å²) >= 11 is 0. The highest BCUT2D eigenvalue weighted by Crippen LogP contribution is 2.07. The van der Waals surface area contributed by atoms with Crippen molar-refractivity contribution < 1.29 is 15.0 Å². The van der Waals surface area contributed by atoms with Gasteiger partial charge in [0.05, 0.1) is 25.1 Å². The first-order valence-electron chi connectivity index (χ1n) is 5.37. The van der Waals surface area contributed by atoms with Crippen LogP contribution in [-0.4, -0.2) is 59.4 Å². The normalized spacial score (nSPS) is 10.1. The van der Waals surface area contributed by atoms with Crippen molar-refractivity contribution in [2.24, 2.45) is 0 Å². The van der Waals surface area contributed by atoms with Crippen LogP contribution in [0.25, 0.3) is 0 Å². The molecule has 1 rings (SSSR count). The molecule has 1 heterocycles. The SMILES string of the molecule is CNc1ccc(C(=O)N(CCO)CCO)nc1. The van der Waals surface area contributed by atoms with Crippen LogP contribution >= 0.6 is 0 Å². The van der Waals surface area contributed by atoms with Crippen molar-refractivity contribution in [3.05, 3.63) is 24.0 Å². The third-order valence-corrected chi connectivity index (χ3v) is 2.30. The molecular weight excluding hydrogens is 222 g/mol. The quantitative estimate of drug-likeness (QED) is 0.626. The second-order valence-electron chi connectivity index (χ2n) is 3.42. The maximum Gasteiger partial charge on any atom is 0.272 e. The van der Waals surface area contributed by atoms with Gasteiger partial charge in [-0.1, -0.05) is 0 Å². The maximum atomic E-state index is 11.9. The van der Waals surface area contributed by atoms with E-state index in [1.165, 1.54) is 4.90 Å². The van der Waals surface area contributed by atoms with E-state index in [1.54, 1.807) is 25.4 Å². The Bertz CT molecular complexity index is 347. The van der Waals surface area contributed by atoms with E-state index in [2.05, 4.69) is 10.3 Å². The summed E-state index contributed by atoms with van der Waals surface area (Å²) in [6, 6.07) is 3.35. The second kappa shape index (κ2) is 6.82. The lowest BCUT2D eigenvalue weighted by Crippen LogP contribution is -2.36. The molecule has 94 valence electrons. The van der Waals surface area contributed by atoms with Gasteiger partial charge < -0.3 is 20.4 Å². The molecule has 0 unspecified atom stereocenters. The van der Waals surface area contributed by atoms with Crippen molar-refractivity contribution in [1.82, 2.24) is 9.88 Å². The average molecular weight is 239 g/mol. The Morgan fingerprint density at radius 2 is 2.00 bits per heavy atom. The molecular formula is C11H17N3O3. The van der Waals surface area contributed by atoms with Crippen molar-refractivity contribution in [2.75, 3.05) is 38.7 Å². The van der Waals surface area contributed by atoms with Gasteiger partial charge in [-0.3, -0.25) is 4.79 Å². The number of hydrogen-bond donors (Lipinski definition) is 3. The Hall–Kier alpha value is -1.66. The van der Waals surface area contributed by atoms with Crippen LogP contribution in [0.4, 0.5) is 5.69 Å². The third-order valence-electron chi connectivity index (χ3n) is 2.30. The molecule has 6 heteroatoms. The Kier molecular flexibility index (Phi) is 5.38. The standard InChI is InChI=1S/C11H17N3O3/c1-12-9-2-3-10(13-8-9)11(17)14(4-6-15)5-7-16/h2-3,8,12,15-16H,4-7H2,1H3. The number of aliphatic hydroxyl groups is 2. The molecule has 6 nitrogen and oxygen atoms in total. The molecule has 1 amide bonds. The van der Waals surface area contributed by atoms with Gasteiger partial charge in [0, 0.05) is 20.1 Å². The second-order valence-corrected chi connectivity index (χ2v) is 3.42. The molecule has 17 heavy (non-hydrogen) atoms. The fourth-order valence-corrected chi connectivity index (χ4v) is 1.39. The molecule has 0 spiro atoms. The summed E-state index contributed by atoms with van der Waals surface area (Å²) in [6.07, 6.45) is 1.56. The van der Waals surface area contributed by atoms with Crippen LogP contribution < -0.4 is 5.32 Å². The molecule has 0 aliphatic rings. The number of aromatic nitrogens is 1. The molecule has 0 fully saturated rings. The Labute approximate surface area is 99.9 Å². The van der Waals surface area contributed by atoms with Gasteiger partial charge in [-0.25, -0.2) is 4.98 Å². The number of carbonyl (C=O) groups is 1. The van der Waals surface area contributed by atoms with Gasteiger partial charge >= 0.3 is 0 Å². The highest BCUT2D eigenvalue weighted by Gasteiger charge is 2.15. The maximum absolute atomic E-state index is 11.9. The molecule has 1 aromatic rings. The zero-order valence-corrected chi connectivity index (χ0v) is 9.76. The van der Waals surface area contributed by atoms with Crippen molar-refractivity contribution >= 4 is 11.6 Å². The number of aliphatic hydroxyl groups excluding tert-OH is 2. The molecule has 3 N–H and O–H groups in total. The van der Waals surface area contributed by atoms with Gasteiger partial charge in [-0.05, 0) is 12.1 Å². The van der Waals surface area contributed by atoms with Gasteiger partial charge in [0.1, 0.15) is 5.69 Å². The van der Waals surface area contributed by atoms with E-state index in [0.717, 1.165) is 5.69 Å². The highest BCUT2D eigenvalue weighted by atomic mass is 16.3. The van der Waals surface area contributed by atoms with Crippen LogP contribution in [0.3, 0.4) is 0 Å². The lowest BCUT2D eigenvalue weighted by Gasteiger charge is -2.20. The highest BCUT2D eigenvalue weighted by molar-refractivity contribution is 5.92. The summed E-state index contributed by atoms with van der Waals surface area (Å²) in [5, 5.41) is 20.6. The van der Waals surface area contributed by atoms with Gasteiger partial charge in [-0.15, -0.1) is 0 Å². The predicted molar refractivity (Wildman–Crippen MR) is 63.9 cm³/mol. The lowest BCUT2D eigenvalue weighted by atomic mass is 10.3. The summed E-state index contributed by atoms with van der Waals surface area (Å²) in [7, 11) is 1.77. The number of anilines is 1. The number of carbonyl (C=O) groups excluding carboxylic acids is 1. The molecule has 1 aromatic heterocycles. The van der Waals surface area contributed by atoms with E-state index in [0.29, 0.717) is 5.69 Å². The largest absolute Gasteiger partial charge is 0.395 e. The molecule has 0 saturated heterocycles. The Morgan fingerprint density at radius 1 is 1.35 bits per heavy atom. The number of amides is 1. The van der Waals surface area contributed by atoms with Crippen LogP contribution in [0.5, 0.6) is 0 Å². The summed E-state index contributed by atoms with van der Waals surface area (Å²) < 4.78 is 0. The number of rotatable bonds is 6. The van der Waals surface area contributed by atoms with E-state index in [9.17, 15) is 4.79 Å². The molecule has 0 aromatic carbocycles. The van der Waals surface area contributed by atoms with E-state index in [-0.39, 0.29) is 32.2 Å². The first kappa shape index (κ1) is 13.4. The smallest absolute Gasteiger partial charge is 0.272 e. The van der Waals surface area contributed by atoms with Crippen LogP contribution in [0, 0.1) is 0 Å². The summed E-state index contributed by atoms with van der Waals surface area (Å²) in [5.41, 5.74) is 1.11. The van der Waals surface area contributed by atoms with E-state index in [1.807, 2.05) is 0 Å². The van der Waals surface area contributed by atoms with Crippen LogP contribution in [0.15, 0.2) is 18.3 Å². The first-order chi connectivity index (χ1) is 8.22. The molecule has 0 aliphatic carbocycles. The lowest BCUT2D eigenvalue weighted by molar-refractivity contribution is 0.0679. The number of hydrogen-bond acceptors (Lipinski definition) is 5. The third kappa shape index (κ3) is 3.69. The number of nitrogens with zero attached hydrogens (tertiary/aromatic N) is 2. The summed E-state index contributed by atoms with van der Waals surface area (Å²) in [4.78, 5) is 17.3. The van der Waals surface area contributed by atoms with Crippen molar-refractivity contribution in [3.63, 3.8) is 0 Å². The van der Waals surface area contributed by atoms with Crippen molar-refractivity contribution in [3.8, 4) is 0 Å². The topological polar surface area (TPSA) is 85.7 Å².